The minimum absolute atomic E-state index is 0.299. The summed E-state index contributed by atoms with van der Waals surface area (Å²) in [6.45, 7) is 0. The summed E-state index contributed by atoms with van der Waals surface area (Å²) in [6, 6.07) is 8.44. The Kier molecular flexibility index (Phi) is 2.17. The zero-order valence-electron chi connectivity index (χ0n) is 7.09. The molecule has 0 unspecified atom stereocenters. The minimum atomic E-state index is -0.299. The second-order valence-electron chi connectivity index (χ2n) is 3.23. The van der Waals surface area contributed by atoms with Crippen molar-refractivity contribution < 1.29 is 0 Å². The maximum atomic E-state index is 3.59. The van der Waals surface area contributed by atoms with Crippen LogP contribution in [0.3, 0.4) is 0 Å². The number of rotatable bonds is 1. The lowest BCUT2D eigenvalue weighted by atomic mass is 10.1. The first-order chi connectivity index (χ1) is 6.09. The summed E-state index contributed by atoms with van der Waals surface area (Å²) in [5.41, 5.74) is 3.94. The molecule has 13 heavy (non-hydrogen) atoms. The van der Waals surface area contributed by atoms with Gasteiger partial charge in [0.2, 0.25) is 0 Å². The van der Waals surface area contributed by atoms with Gasteiger partial charge in [0.05, 0.1) is 0 Å². The molecule has 0 nitrogen and oxygen atoms in total. The summed E-state index contributed by atoms with van der Waals surface area (Å²) < 4.78 is -0.299. The quantitative estimate of drug-likeness (QED) is 0.613. The number of benzene rings is 1. The number of fused-ring (bicyclic) bond motifs is 1. The van der Waals surface area contributed by atoms with Gasteiger partial charge in [-0.1, -0.05) is 30.3 Å². The minimum Gasteiger partial charge on any atom is -0.0767 e. The lowest BCUT2D eigenvalue weighted by Crippen LogP contribution is -2.14. The Labute approximate surface area is 88.7 Å². The summed E-state index contributed by atoms with van der Waals surface area (Å²) in [5.74, 6) is 0. The Bertz CT molecular complexity index is 361. The van der Waals surface area contributed by atoms with Crippen LogP contribution < -0.4 is 0 Å². The summed E-state index contributed by atoms with van der Waals surface area (Å²) in [5, 5.41) is 0. The van der Waals surface area contributed by atoms with Crippen LogP contribution in [-0.2, 0) is 6.42 Å². The zero-order valence-corrected chi connectivity index (χ0v) is 10.1. The van der Waals surface area contributed by atoms with Crippen molar-refractivity contribution in [2.75, 3.05) is 0 Å². The third kappa shape index (κ3) is 1.64. The fourth-order valence-electron chi connectivity index (χ4n) is 1.64. The first kappa shape index (κ1) is 9.18. The SMILES string of the molecule is [Si]C([Si])([Si])C1=CCc2ccccc21. The van der Waals surface area contributed by atoms with Crippen molar-refractivity contribution in [2.24, 2.45) is 0 Å². The Morgan fingerprint density at radius 3 is 2.46 bits per heavy atom. The molecule has 1 aromatic rings. The molecule has 59 valence electrons. The van der Waals surface area contributed by atoms with Gasteiger partial charge in [0.15, 0.2) is 0 Å². The highest BCUT2D eigenvalue weighted by molar-refractivity contribution is 6.64. The highest BCUT2D eigenvalue weighted by atomic mass is 28.3. The van der Waals surface area contributed by atoms with Crippen molar-refractivity contribution in [1.82, 2.24) is 0 Å². The number of hydrogen-bond donors (Lipinski definition) is 0. The van der Waals surface area contributed by atoms with E-state index in [0.717, 1.165) is 6.42 Å². The standard InChI is InChI=1S/C10H7Si3/c11-10(12,13)9-6-5-7-3-1-2-4-8(7)9/h1-4,6H,5H2. The second-order valence-corrected chi connectivity index (χ2v) is 6.98. The monoisotopic (exact) mass is 211 g/mol. The van der Waals surface area contributed by atoms with E-state index in [-0.39, 0.29) is 4.28 Å². The molecule has 9 radical (unpaired) electrons. The van der Waals surface area contributed by atoms with Gasteiger partial charge in [-0.25, -0.2) is 0 Å². The molecule has 0 aliphatic heterocycles. The van der Waals surface area contributed by atoms with Crippen molar-refractivity contribution in [3.63, 3.8) is 0 Å². The number of hydrogen-bond acceptors (Lipinski definition) is 0. The van der Waals surface area contributed by atoms with E-state index < -0.39 is 0 Å². The molecule has 1 aromatic carbocycles. The van der Waals surface area contributed by atoms with E-state index in [0.29, 0.717) is 0 Å². The van der Waals surface area contributed by atoms with Gasteiger partial charge in [0.1, 0.15) is 0 Å². The Balaban J connectivity index is 2.48. The first-order valence-electron chi connectivity index (χ1n) is 4.13. The molecule has 2 rings (SSSR count). The lowest BCUT2D eigenvalue weighted by Gasteiger charge is -2.20. The Hall–Kier alpha value is -0.389. The normalized spacial score (nSPS) is 15.5. The molecule has 3 heteroatoms. The third-order valence-corrected chi connectivity index (χ3v) is 3.05. The van der Waals surface area contributed by atoms with Gasteiger partial charge in [-0.15, -0.1) is 0 Å². The van der Waals surface area contributed by atoms with Gasteiger partial charge < -0.3 is 0 Å². The predicted octanol–water partition coefficient (Wildman–Crippen LogP) is 1.21. The average molecular weight is 211 g/mol. The van der Waals surface area contributed by atoms with Crippen LogP contribution in [0.2, 0.25) is 4.28 Å². The van der Waals surface area contributed by atoms with Gasteiger partial charge >= 0.3 is 0 Å². The molecule has 0 aromatic heterocycles. The van der Waals surface area contributed by atoms with Gasteiger partial charge in [0.25, 0.3) is 0 Å². The summed E-state index contributed by atoms with van der Waals surface area (Å²) in [4.78, 5) is 0. The van der Waals surface area contributed by atoms with Gasteiger partial charge in [0, 0.05) is 30.7 Å². The lowest BCUT2D eigenvalue weighted by molar-refractivity contribution is 1.31. The van der Waals surface area contributed by atoms with E-state index >= 15 is 0 Å². The van der Waals surface area contributed by atoms with Gasteiger partial charge in [-0.2, -0.15) is 0 Å². The molecule has 0 bridgehead atoms. The first-order valence-corrected chi connectivity index (χ1v) is 5.63. The fourth-order valence-corrected chi connectivity index (χ4v) is 2.35. The van der Waals surface area contributed by atoms with Gasteiger partial charge in [-0.05, 0) is 27.4 Å². The molecular weight excluding hydrogens is 204 g/mol. The van der Waals surface area contributed by atoms with Crippen LogP contribution in [0.25, 0.3) is 5.57 Å². The van der Waals surface area contributed by atoms with Crippen LogP contribution in [0.15, 0.2) is 30.3 Å². The predicted molar refractivity (Wildman–Crippen MR) is 58.1 cm³/mol. The maximum Gasteiger partial charge on any atom is 0.0276 e. The molecule has 0 fully saturated rings. The molecule has 0 saturated carbocycles. The van der Waals surface area contributed by atoms with Crippen LogP contribution in [-0.4, -0.2) is 30.7 Å². The largest absolute Gasteiger partial charge is 0.0767 e. The third-order valence-electron chi connectivity index (χ3n) is 2.24. The van der Waals surface area contributed by atoms with Crippen molar-refractivity contribution >= 4 is 36.3 Å². The van der Waals surface area contributed by atoms with Crippen molar-refractivity contribution in [3.05, 3.63) is 41.5 Å². The highest BCUT2D eigenvalue weighted by Gasteiger charge is 2.23. The van der Waals surface area contributed by atoms with E-state index in [2.05, 4.69) is 61.1 Å². The molecule has 0 heterocycles. The molecule has 1 aliphatic carbocycles. The van der Waals surface area contributed by atoms with Crippen LogP contribution in [0, 0.1) is 0 Å². The summed E-state index contributed by atoms with van der Waals surface area (Å²) in [7, 11) is 10.8. The van der Waals surface area contributed by atoms with E-state index in [4.69, 9.17) is 0 Å². The average Bonchev–Trinajstić information content (AvgIpc) is 2.45. The van der Waals surface area contributed by atoms with Crippen molar-refractivity contribution in [1.29, 1.82) is 0 Å². The molecule has 0 N–H and O–H groups in total. The summed E-state index contributed by atoms with van der Waals surface area (Å²) >= 11 is 0. The smallest absolute Gasteiger partial charge is 0.0276 e. The van der Waals surface area contributed by atoms with E-state index in [1.54, 1.807) is 0 Å². The maximum absolute atomic E-state index is 3.59. The van der Waals surface area contributed by atoms with E-state index in [9.17, 15) is 0 Å². The van der Waals surface area contributed by atoms with Crippen LogP contribution >= 0.6 is 0 Å². The van der Waals surface area contributed by atoms with Crippen molar-refractivity contribution in [3.8, 4) is 0 Å². The molecule has 0 spiro atoms. The summed E-state index contributed by atoms with van der Waals surface area (Å²) in [6.07, 6.45) is 3.24. The Morgan fingerprint density at radius 2 is 1.77 bits per heavy atom. The van der Waals surface area contributed by atoms with E-state index in [1.807, 2.05) is 0 Å². The van der Waals surface area contributed by atoms with E-state index in [1.165, 1.54) is 16.7 Å². The molecule has 0 atom stereocenters. The van der Waals surface area contributed by atoms with Crippen LogP contribution in [0.1, 0.15) is 11.1 Å². The van der Waals surface area contributed by atoms with Crippen LogP contribution in [0.5, 0.6) is 0 Å². The molecule has 1 aliphatic rings. The molecule has 0 saturated heterocycles. The molecular formula is C10H7Si3. The molecule has 0 amide bonds. The topological polar surface area (TPSA) is 0 Å². The second kappa shape index (κ2) is 3.08. The Morgan fingerprint density at radius 1 is 1.08 bits per heavy atom. The van der Waals surface area contributed by atoms with Crippen LogP contribution in [0.4, 0.5) is 0 Å². The van der Waals surface area contributed by atoms with Gasteiger partial charge in [-0.3, -0.25) is 0 Å². The number of allylic oxidation sites excluding steroid dienone is 2. The zero-order chi connectivity index (χ0) is 9.47. The van der Waals surface area contributed by atoms with Crippen molar-refractivity contribution in [2.45, 2.75) is 10.7 Å². The fraction of sp³-hybridized carbons (Fsp3) is 0.200. The highest BCUT2D eigenvalue weighted by Crippen LogP contribution is 2.38.